The van der Waals surface area contributed by atoms with Crippen LogP contribution < -0.4 is 15.2 Å². The van der Waals surface area contributed by atoms with E-state index in [1.807, 2.05) is 18.2 Å². The normalized spacial score (nSPS) is 16.5. The van der Waals surface area contributed by atoms with Crippen molar-refractivity contribution in [3.63, 3.8) is 0 Å². The van der Waals surface area contributed by atoms with Crippen LogP contribution in [0.1, 0.15) is 18.0 Å². The fraction of sp³-hybridized carbons (Fsp3) is 0.350. The van der Waals surface area contributed by atoms with Gasteiger partial charge in [-0.25, -0.2) is 9.78 Å². The van der Waals surface area contributed by atoms with Gasteiger partial charge in [0, 0.05) is 25.4 Å². The van der Waals surface area contributed by atoms with Crippen LogP contribution in [0.15, 0.2) is 41.3 Å². The number of aromatic nitrogens is 3. The lowest BCUT2D eigenvalue weighted by Gasteiger charge is -2.17. The van der Waals surface area contributed by atoms with E-state index >= 15 is 0 Å². The van der Waals surface area contributed by atoms with E-state index in [1.54, 1.807) is 42.0 Å². The van der Waals surface area contributed by atoms with Gasteiger partial charge in [0.15, 0.2) is 5.65 Å². The number of rotatable bonds is 5. The summed E-state index contributed by atoms with van der Waals surface area (Å²) in [6.45, 7) is 1.10. The topological polar surface area (TPSA) is 89.5 Å². The summed E-state index contributed by atoms with van der Waals surface area (Å²) in [6, 6.07) is 8.98. The Balaban J connectivity index is 1.50. The lowest BCUT2D eigenvalue weighted by molar-refractivity contribution is -0.129. The lowest BCUT2D eigenvalue weighted by Crippen LogP contribution is -2.32. The maximum Gasteiger partial charge on any atom is 0.327 e. The Hall–Kier alpha value is -3.29. The van der Waals surface area contributed by atoms with Gasteiger partial charge in [0.2, 0.25) is 5.91 Å². The molecule has 0 unspecified atom stereocenters. The standard InChI is InChI=1S/C20H22N4O4/c1-27-15-8-13(9-16(11-15)28-2)10-18(25)23-7-5-14(12-23)24-19-17(22-20(24)26)4-3-6-21-19/h3-4,6,8-9,11,14H,5,7,10,12H2,1-2H3,(H,22,26)/t14-/m1/s1. The molecule has 3 aromatic rings. The number of methoxy groups -OCH3 is 2. The molecule has 1 saturated heterocycles. The second kappa shape index (κ2) is 7.38. The van der Waals surface area contributed by atoms with Gasteiger partial charge in [0.1, 0.15) is 11.5 Å². The molecule has 0 saturated carbocycles. The summed E-state index contributed by atoms with van der Waals surface area (Å²) in [7, 11) is 3.16. The minimum absolute atomic E-state index is 0.0126. The van der Waals surface area contributed by atoms with Crippen molar-refractivity contribution in [3.05, 3.63) is 52.6 Å². The summed E-state index contributed by atoms with van der Waals surface area (Å²) in [6.07, 6.45) is 2.64. The first-order valence-corrected chi connectivity index (χ1v) is 9.14. The first-order chi connectivity index (χ1) is 13.6. The number of ether oxygens (including phenoxy) is 2. The summed E-state index contributed by atoms with van der Waals surface area (Å²) in [5, 5.41) is 0. The van der Waals surface area contributed by atoms with E-state index in [0.29, 0.717) is 35.8 Å². The van der Waals surface area contributed by atoms with E-state index in [0.717, 1.165) is 12.0 Å². The zero-order valence-corrected chi connectivity index (χ0v) is 15.8. The van der Waals surface area contributed by atoms with Crippen LogP contribution in [0.25, 0.3) is 11.2 Å². The Labute approximate surface area is 161 Å². The molecule has 1 aliphatic rings. The SMILES string of the molecule is COc1cc(CC(=O)N2CC[C@@H](n3c(=O)[nH]c4cccnc43)C2)cc(OC)c1. The maximum absolute atomic E-state index is 12.8. The molecular formula is C20H22N4O4. The monoisotopic (exact) mass is 382 g/mol. The Morgan fingerprint density at radius 2 is 2.00 bits per heavy atom. The molecule has 2 aromatic heterocycles. The molecule has 1 atom stereocenters. The second-order valence-electron chi connectivity index (χ2n) is 6.85. The van der Waals surface area contributed by atoms with Crippen molar-refractivity contribution in [2.75, 3.05) is 27.3 Å². The van der Waals surface area contributed by atoms with Crippen molar-refractivity contribution in [2.24, 2.45) is 0 Å². The first-order valence-electron chi connectivity index (χ1n) is 9.14. The van der Waals surface area contributed by atoms with E-state index in [-0.39, 0.29) is 24.1 Å². The number of nitrogens with one attached hydrogen (secondary N) is 1. The van der Waals surface area contributed by atoms with Gasteiger partial charge in [-0.3, -0.25) is 9.36 Å². The van der Waals surface area contributed by atoms with E-state index in [1.165, 1.54) is 0 Å². The number of carbonyl (C=O) groups is 1. The van der Waals surface area contributed by atoms with E-state index in [4.69, 9.17) is 9.47 Å². The number of amides is 1. The molecule has 1 fully saturated rings. The van der Waals surface area contributed by atoms with Crippen LogP contribution in [0.5, 0.6) is 11.5 Å². The predicted octanol–water partition coefficient (Wildman–Crippen LogP) is 1.76. The Kier molecular flexibility index (Phi) is 4.77. The van der Waals surface area contributed by atoms with Crippen LogP contribution in [0, 0.1) is 0 Å². The molecule has 28 heavy (non-hydrogen) atoms. The average molecular weight is 382 g/mol. The number of benzene rings is 1. The molecule has 0 radical (unpaired) electrons. The summed E-state index contributed by atoms with van der Waals surface area (Å²) in [4.78, 5) is 34.1. The number of fused-ring (bicyclic) bond motifs is 1. The quantitative estimate of drug-likeness (QED) is 0.726. The average Bonchev–Trinajstić information content (AvgIpc) is 3.31. The van der Waals surface area contributed by atoms with Crippen molar-refractivity contribution >= 4 is 17.1 Å². The number of imidazole rings is 1. The molecule has 0 spiro atoms. The third kappa shape index (κ3) is 3.33. The number of hydrogen-bond donors (Lipinski definition) is 1. The van der Waals surface area contributed by atoms with Crippen molar-refractivity contribution < 1.29 is 14.3 Å². The molecule has 1 aliphatic heterocycles. The van der Waals surface area contributed by atoms with Crippen LogP contribution in [0.2, 0.25) is 0 Å². The minimum Gasteiger partial charge on any atom is -0.497 e. The maximum atomic E-state index is 12.8. The molecule has 8 heteroatoms. The van der Waals surface area contributed by atoms with Crippen LogP contribution in [-0.2, 0) is 11.2 Å². The number of carbonyl (C=O) groups excluding carboxylic acids is 1. The van der Waals surface area contributed by atoms with Gasteiger partial charge in [-0.05, 0) is 36.2 Å². The third-order valence-corrected chi connectivity index (χ3v) is 5.12. The molecule has 0 aliphatic carbocycles. The highest BCUT2D eigenvalue weighted by Gasteiger charge is 2.29. The van der Waals surface area contributed by atoms with E-state index in [9.17, 15) is 9.59 Å². The highest BCUT2D eigenvalue weighted by molar-refractivity contribution is 5.79. The second-order valence-corrected chi connectivity index (χ2v) is 6.85. The summed E-state index contributed by atoms with van der Waals surface area (Å²) in [5.74, 6) is 1.31. The fourth-order valence-corrected chi connectivity index (χ4v) is 3.73. The first kappa shape index (κ1) is 18.1. The third-order valence-electron chi connectivity index (χ3n) is 5.12. The zero-order chi connectivity index (χ0) is 19.7. The molecule has 0 bridgehead atoms. The zero-order valence-electron chi connectivity index (χ0n) is 15.8. The number of nitrogens with zero attached hydrogens (tertiary/aromatic N) is 3. The van der Waals surface area contributed by atoms with Gasteiger partial charge < -0.3 is 19.4 Å². The number of aromatic amines is 1. The largest absolute Gasteiger partial charge is 0.497 e. The molecule has 1 aromatic carbocycles. The van der Waals surface area contributed by atoms with Gasteiger partial charge in [-0.1, -0.05) is 0 Å². The molecule has 3 heterocycles. The van der Waals surface area contributed by atoms with Crippen LogP contribution in [-0.4, -0.2) is 52.7 Å². The van der Waals surface area contributed by atoms with Crippen molar-refractivity contribution in [3.8, 4) is 11.5 Å². The van der Waals surface area contributed by atoms with Gasteiger partial charge in [0.05, 0.1) is 32.2 Å². The molecule has 1 N–H and O–H groups in total. The van der Waals surface area contributed by atoms with Gasteiger partial charge >= 0.3 is 5.69 Å². The Morgan fingerprint density at radius 1 is 1.25 bits per heavy atom. The molecule has 8 nitrogen and oxygen atoms in total. The molecule has 4 rings (SSSR count). The van der Waals surface area contributed by atoms with E-state index in [2.05, 4.69) is 9.97 Å². The minimum atomic E-state index is -0.189. The summed E-state index contributed by atoms with van der Waals surface area (Å²) < 4.78 is 12.2. The van der Waals surface area contributed by atoms with Crippen molar-refractivity contribution in [2.45, 2.75) is 18.9 Å². The highest BCUT2D eigenvalue weighted by atomic mass is 16.5. The van der Waals surface area contributed by atoms with Crippen LogP contribution in [0.4, 0.5) is 0 Å². The van der Waals surface area contributed by atoms with Crippen molar-refractivity contribution in [1.82, 2.24) is 19.4 Å². The van der Waals surface area contributed by atoms with Crippen LogP contribution in [0.3, 0.4) is 0 Å². The molecule has 1 amide bonds. The lowest BCUT2D eigenvalue weighted by atomic mass is 10.1. The van der Waals surface area contributed by atoms with Crippen LogP contribution >= 0.6 is 0 Å². The molecule has 146 valence electrons. The highest BCUT2D eigenvalue weighted by Crippen LogP contribution is 2.26. The number of hydrogen-bond acceptors (Lipinski definition) is 5. The van der Waals surface area contributed by atoms with Gasteiger partial charge in [0.25, 0.3) is 0 Å². The smallest absolute Gasteiger partial charge is 0.327 e. The van der Waals surface area contributed by atoms with Gasteiger partial charge in [-0.15, -0.1) is 0 Å². The predicted molar refractivity (Wildman–Crippen MR) is 104 cm³/mol. The molecular weight excluding hydrogens is 360 g/mol. The van der Waals surface area contributed by atoms with Gasteiger partial charge in [-0.2, -0.15) is 0 Å². The number of likely N-dealkylation sites (tertiary alicyclic amines) is 1. The number of pyridine rings is 1. The van der Waals surface area contributed by atoms with E-state index < -0.39 is 0 Å². The number of H-pyrrole nitrogens is 1. The summed E-state index contributed by atoms with van der Waals surface area (Å²) in [5.41, 5.74) is 1.98. The fourth-order valence-electron chi connectivity index (χ4n) is 3.73. The Morgan fingerprint density at radius 3 is 2.71 bits per heavy atom. The summed E-state index contributed by atoms with van der Waals surface area (Å²) >= 11 is 0. The van der Waals surface area contributed by atoms with Crippen molar-refractivity contribution in [1.29, 1.82) is 0 Å². The Bertz CT molecular complexity index is 1050.